The molecule has 0 bridgehead atoms. The molecule has 0 atom stereocenters. The normalized spacial score (nSPS) is 12.1. The van der Waals surface area contributed by atoms with Gasteiger partial charge in [0.05, 0.1) is 0 Å². The van der Waals surface area contributed by atoms with Crippen LogP contribution in [0, 0.1) is 0 Å². The van der Waals surface area contributed by atoms with Crippen molar-refractivity contribution in [2.75, 3.05) is 0 Å². The van der Waals surface area contributed by atoms with Crippen molar-refractivity contribution >= 4 is 30.6 Å². The van der Waals surface area contributed by atoms with E-state index in [1.54, 1.807) is 32.6 Å². The van der Waals surface area contributed by atoms with Gasteiger partial charge in [0.15, 0.2) is 0 Å². The number of hydrogen-bond donors (Lipinski definition) is 0. The van der Waals surface area contributed by atoms with Crippen LogP contribution in [0.2, 0.25) is 23.2 Å². The van der Waals surface area contributed by atoms with E-state index in [0.29, 0.717) is 0 Å². The molecule has 0 aromatic carbocycles. The Balaban J connectivity index is 3.16. The summed E-state index contributed by atoms with van der Waals surface area (Å²) in [7, 11) is -0.706. The third-order valence-corrected chi connectivity index (χ3v) is 13.5. The molecule has 0 heterocycles. The molecule has 74 valence electrons. The molecule has 0 aromatic rings. The van der Waals surface area contributed by atoms with Crippen LogP contribution in [0.25, 0.3) is 0 Å². The Hall–Kier alpha value is 1.02. The molecule has 0 nitrogen and oxygen atoms in total. The third-order valence-electron chi connectivity index (χ3n) is 2.69. The summed E-state index contributed by atoms with van der Waals surface area (Å²) in [6.07, 6.45) is 8.77. The summed E-state index contributed by atoms with van der Waals surface area (Å²) >= 11 is 1.76. The zero-order valence-electron chi connectivity index (χ0n) is 9.66. The van der Waals surface area contributed by atoms with E-state index in [9.17, 15) is 0 Å². The molecule has 13 heavy (non-hydrogen) atoms. The average Bonchev–Trinajstić information content (AvgIpc) is 2.11. The monoisotopic (exact) mass is 305 g/mol. The van der Waals surface area contributed by atoms with Crippen molar-refractivity contribution < 1.29 is 0 Å². The van der Waals surface area contributed by atoms with E-state index in [1.807, 2.05) is 0 Å². The summed E-state index contributed by atoms with van der Waals surface area (Å²) in [5.74, 6) is 0. The molecule has 0 saturated carbocycles. The van der Waals surface area contributed by atoms with E-state index in [-0.39, 0.29) is 0 Å². The quantitative estimate of drug-likeness (QED) is 0.466. The fourth-order valence-electron chi connectivity index (χ4n) is 1.47. The molecule has 0 aliphatic heterocycles. The Bertz CT molecular complexity index is 113. The zero-order chi connectivity index (χ0) is 10.2. The van der Waals surface area contributed by atoms with Crippen molar-refractivity contribution in [3.05, 3.63) is 0 Å². The maximum atomic E-state index is 2.55. The Kier molecular flexibility index (Phi) is 8.99. The second kappa shape index (κ2) is 8.33. The molecule has 0 spiro atoms. The van der Waals surface area contributed by atoms with Crippen LogP contribution >= 0.6 is 0 Å². The van der Waals surface area contributed by atoms with Gasteiger partial charge in [-0.05, 0) is 0 Å². The summed E-state index contributed by atoms with van der Waals surface area (Å²) in [6.45, 7) is 7.39. The Labute approximate surface area is 99.0 Å². The van der Waals surface area contributed by atoms with Crippen molar-refractivity contribution in [1.82, 2.24) is 0 Å². The van der Waals surface area contributed by atoms with Crippen LogP contribution in [0.5, 0.6) is 0 Å². The van der Waals surface area contributed by atoms with Crippen LogP contribution < -0.4 is 0 Å². The van der Waals surface area contributed by atoms with Gasteiger partial charge in [-0.2, -0.15) is 0 Å². The molecule has 0 amide bonds. The van der Waals surface area contributed by atoms with Crippen molar-refractivity contribution in [3.63, 3.8) is 0 Å². The van der Waals surface area contributed by atoms with E-state index in [4.69, 9.17) is 0 Å². The van der Waals surface area contributed by atoms with Gasteiger partial charge in [0.2, 0.25) is 0 Å². The van der Waals surface area contributed by atoms with Crippen molar-refractivity contribution in [3.8, 4) is 0 Å². The third kappa shape index (κ3) is 9.32. The summed E-state index contributed by atoms with van der Waals surface area (Å²) in [4.78, 5) is 0. The van der Waals surface area contributed by atoms with Crippen molar-refractivity contribution in [2.24, 2.45) is 0 Å². The van der Waals surface area contributed by atoms with E-state index in [2.05, 4.69) is 20.0 Å². The first kappa shape index (κ1) is 14.0. The molecule has 0 N–H and O–H groups in total. The van der Waals surface area contributed by atoms with Gasteiger partial charge < -0.3 is 0 Å². The van der Waals surface area contributed by atoms with Gasteiger partial charge in [0, 0.05) is 0 Å². The van der Waals surface area contributed by atoms with E-state index < -0.39 is 8.07 Å². The van der Waals surface area contributed by atoms with Gasteiger partial charge >= 0.3 is 99.2 Å². The SMILES string of the molecule is CCCCCCCC[Si](C)(C)[CH2][Sn+3]. The molecule has 0 aliphatic rings. The molecule has 0 rings (SSSR count). The number of unbranched alkanes of at least 4 members (excludes halogenated alkanes) is 5. The fraction of sp³-hybridized carbons (Fsp3) is 1.00. The summed E-state index contributed by atoms with van der Waals surface area (Å²) in [6, 6.07) is 1.57. The molecular formula is C11H25SiSn+3. The second-order valence-electron chi connectivity index (χ2n) is 4.86. The number of rotatable bonds is 8. The van der Waals surface area contributed by atoms with Crippen molar-refractivity contribution in [2.45, 2.75) is 68.6 Å². The standard InChI is InChI=1S/C11H25Si.Sn/c1-5-6-7-8-9-10-11-12(2,3)4;/h2,5-11H2,1,3-4H3;/q;+3. The van der Waals surface area contributed by atoms with E-state index in [0.717, 1.165) is 0 Å². The zero-order valence-corrected chi connectivity index (χ0v) is 13.5. The average molecular weight is 304 g/mol. The number of hydrogen-bond acceptors (Lipinski definition) is 0. The molecule has 0 unspecified atom stereocenters. The first-order chi connectivity index (χ1) is 6.12. The first-order valence-electron chi connectivity index (χ1n) is 5.77. The Morgan fingerprint density at radius 2 is 1.46 bits per heavy atom. The van der Waals surface area contributed by atoms with E-state index >= 15 is 0 Å². The van der Waals surface area contributed by atoms with Crippen LogP contribution in [0.1, 0.15) is 45.4 Å². The predicted octanol–water partition coefficient (Wildman–Crippen LogP) is 4.18. The summed E-state index contributed by atoms with van der Waals surface area (Å²) in [5, 5.41) is 0. The van der Waals surface area contributed by atoms with Crippen LogP contribution in [-0.4, -0.2) is 30.6 Å². The summed E-state index contributed by atoms with van der Waals surface area (Å²) in [5.41, 5.74) is 0. The summed E-state index contributed by atoms with van der Waals surface area (Å²) < 4.78 is 1.55. The van der Waals surface area contributed by atoms with Gasteiger partial charge in [-0.3, -0.25) is 0 Å². The molecular weight excluding hydrogens is 279 g/mol. The fourth-order valence-corrected chi connectivity index (χ4v) is 4.37. The first-order valence-corrected chi connectivity index (χ1v) is 11.2. The molecule has 0 aliphatic carbocycles. The molecule has 0 saturated heterocycles. The van der Waals surface area contributed by atoms with Gasteiger partial charge in [-0.15, -0.1) is 0 Å². The van der Waals surface area contributed by atoms with Crippen LogP contribution in [0.3, 0.4) is 0 Å². The Morgan fingerprint density at radius 3 is 2.00 bits per heavy atom. The van der Waals surface area contributed by atoms with Crippen molar-refractivity contribution in [1.29, 1.82) is 0 Å². The van der Waals surface area contributed by atoms with Crippen LogP contribution in [-0.2, 0) is 0 Å². The maximum absolute atomic E-state index is 2.55. The second-order valence-corrected chi connectivity index (χ2v) is 13.1. The van der Waals surface area contributed by atoms with Gasteiger partial charge in [0.25, 0.3) is 0 Å². The van der Waals surface area contributed by atoms with Gasteiger partial charge in [0.1, 0.15) is 0 Å². The molecule has 0 aromatic heterocycles. The Morgan fingerprint density at radius 1 is 0.923 bits per heavy atom. The topological polar surface area (TPSA) is 0 Å². The predicted molar refractivity (Wildman–Crippen MR) is 66.2 cm³/mol. The van der Waals surface area contributed by atoms with Crippen LogP contribution in [0.15, 0.2) is 0 Å². The van der Waals surface area contributed by atoms with E-state index in [1.165, 1.54) is 38.5 Å². The minimum absolute atomic E-state index is 0.706. The minimum atomic E-state index is -0.706. The van der Waals surface area contributed by atoms with Gasteiger partial charge in [-0.1, -0.05) is 0 Å². The molecule has 0 radical (unpaired) electrons. The van der Waals surface area contributed by atoms with Gasteiger partial charge in [-0.25, -0.2) is 0 Å². The molecule has 2 heteroatoms. The molecule has 0 fully saturated rings. The van der Waals surface area contributed by atoms with Crippen LogP contribution in [0.4, 0.5) is 0 Å².